The van der Waals surface area contributed by atoms with Crippen molar-refractivity contribution in [1.29, 1.82) is 0 Å². The molecular weight excluding hydrogens is 262 g/mol. The van der Waals surface area contributed by atoms with E-state index < -0.39 is 23.2 Å². The molecule has 0 bridgehead atoms. The predicted octanol–water partition coefficient (Wildman–Crippen LogP) is 1.29. The highest BCUT2D eigenvalue weighted by Crippen LogP contribution is 2.26. The van der Waals surface area contributed by atoms with Gasteiger partial charge in [0.1, 0.15) is 5.92 Å². The molecule has 0 aromatic rings. The van der Waals surface area contributed by atoms with Gasteiger partial charge >= 0.3 is 5.97 Å². The molecule has 0 fully saturated rings. The van der Waals surface area contributed by atoms with Crippen molar-refractivity contribution in [3.8, 4) is 0 Å². The second-order valence-electron chi connectivity index (χ2n) is 5.74. The quantitative estimate of drug-likeness (QED) is 0.467. The first-order valence-electron chi connectivity index (χ1n) is 6.88. The number of rotatable bonds is 10. The Balaban J connectivity index is 3.84. The van der Waals surface area contributed by atoms with Crippen LogP contribution in [0.3, 0.4) is 0 Å². The Morgan fingerprint density at radius 1 is 1.15 bits per heavy atom. The maximum atomic E-state index is 11.9. The van der Waals surface area contributed by atoms with E-state index in [1.807, 2.05) is 0 Å². The molecule has 0 radical (unpaired) electrons. The van der Waals surface area contributed by atoms with Crippen LogP contribution in [0.25, 0.3) is 0 Å². The van der Waals surface area contributed by atoms with Gasteiger partial charge in [0.15, 0.2) is 0 Å². The first-order chi connectivity index (χ1) is 9.30. The minimum atomic E-state index is -1.09. The SMILES string of the molecule is COCCOCCCCNC(=O)C(C(=O)O)C(C)(C)C. The van der Waals surface area contributed by atoms with E-state index in [9.17, 15) is 9.59 Å². The lowest BCUT2D eigenvalue weighted by molar-refractivity contribution is -0.151. The zero-order valence-electron chi connectivity index (χ0n) is 12.9. The van der Waals surface area contributed by atoms with Crippen LogP contribution in [0.2, 0.25) is 0 Å². The fourth-order valence-electron chi connectivity index (χ4n) is 1.76. The summed E-state index contributed by atoms with van der Waals surface area (Å²) in [4.78, 5) is 23.0. The third-order valence-electron chi connectivity index (χ3n) is 2.82. The molecule has 0 aliphatic rings. The number of carboxylic acids is 1. The van der Waals surface area contributed by atoms with Gasteiger partial charge in [-0.25, -0.2) is 0 Å². The molecule has 20 heavy (non-hydrogen) atoms. The maximum absolute atomic E-state index is 11.9. The van der Waals surface area contributed by atoms with Crippen molar-refractivity contribution in [2.75, 3.05) is 33.5 Å². The lowest BCUT2D eigenvalue weighted by atomic mass is 9.80. The summed E-state index contributed by atoms with van der Waals surface area (Å²) in [7, 11) is 1.62. The number of amides is 1. The number of hydrogen-bond donors (Lipinski definition) is 2. The topological polar surface area (TPSA) is 84.9 Å². The number of ether oxygens (including phenoxy) is 2. The van der Waals surface area contributed by atoms with Gasteiger partial charge in [0.2, 0.25) is 5.91 Å². The predicted molar refractivity (Wildman–Crippen MR) is 75.5 cm³/mol. The standard InChI is InChI=1S/C14H27NO5/c1-14(2,3)11(13(17)18)12(16)15-7-5-6-8-20-10-9-19-4/h11H,5-10H2,1-4H3,(H,15,16)(H,17,18). The Morgan fingerprint density at radius 2 is 1.80 bits per heavy atom. The van der Waals surface area contributed by atoms with Crippen LogP contribution in [0.1, 0.15) is 33.6 Å². The van der Waals surface area contributed by atoms with Crippen molar-refractivity contribution in [3.63, 3.8) is 0 Å². The summed E-state index contributed by atoms with van der Waals surface area (Å²) in [6.07, 6.45) is 1.58. The van der Waals surface area contributed by atoms with Gasteiger partial charge in [-0.1, -0.05) is 20.8 Å². The Hall–Kier alpha value is -1.14. The first-order valence-corrected chi connectivity index (χ1v) is 6.88. The van der Waals surface area contributed by atoms with E-state index in [1.165, 1.54) is 0 Å². The fraction of sp³-hybridized carbons (Fsp3) is 0.857. The minimum absolute atomic E-state index is 0.426. The number of aliphatic carboxylic acids is 1. The van der Waals surface area contributed by atoms with Gasteiger partial charge in [-0.05, 0) is 18.3 Å². The summed E-state index contributed by atoms with van der Waals surface area (Å²) >= 11 is 0. The molecule has 1 atom stereocenters. The summed E-state index contributed by atoms with van der Waals surface area (Å²) in [5.41, 5.74) is -0.598. The van der Waals surface area contributed by atoms with E-state index in [2.05, 4.69) is 5.32 Å². The molecule has 0 rings (SSSR count). The average molecular weight is 289 g/mol. The van der Waals surface area contributed by atoms with E-state index >= 15 is 0 Å². The lowest BCUT2D eigenvalue weighted by Gasteiger charge is -2.25. The molecule has 0 aromatic carbocycles. The summed E-state index contributed by atoms with van der Waals surface area (Å²) in [6.45, 7) is 7.45. The molecule has 6 heteroatoms. The van der Waals surface area contributed by atoms with Crippen LogP contribution in [0.15, 0.2) is 0 Å². The van der Waals surface area contributed by atoms with Gasteiger partial charge in [-0.15, -0.1) is 0 Å². The molecule has 6 nitrogen and oxygen atoms in total. The molecule has 0 spiro atoms. The van der Waals surface area contributed by atoms with Gasteiger partial charge in [0.25, 0.3) is 0 Å². The van der Waals surface area contributed by atoms with Crippen molar-refractivity contribution in [2.45, 2.75) is 33.6 Å². The van der Waals surface area contributed by atoms with Crippen LogP contribution in [0.5, 0.6) is 0 Å². The highest BCUT2D eigenvalue weighted by Gasteiger charge is 2.37. The molecule has 2 N–H and O–H groups in total. The number of methoxy groups -OCH3 is 1. The van der Waals surface area contributed by atoms with Gasteiger partial charge in [0.05, 0.1) is 13.2 Å². The summed E-state index contributed by atoms with van der Waals surface area (Å²) in [5, 5.41) is 11.8. The molecule has 0 aliphatic carbocycles. The molecule has 0 saturated carbocycles. The normalized spacial score (nSPS) is 13.0. The van der Waals surface area contributed by atoms with Crippen LogP contribution in [-0.2, 0) is 19.1 Å². The molecule has 0 heterocycles. The monoisotopic (exact) mass is 289 g/mol. The second kappa shape index (κ2) is 9.72. The summed E-state index contributed by atoms with van der Waals surface area (Å²) < 4.78 is 10.1. The van der Waals surface area contributed by atoms with Crippen molar-refractivity contribution in [3.05, 3.63) is 0 Å². The highest BCUT2D eigenvalue weighted by atomic mass is 16.5. The lowest BCUT2D eigenvalue weighted by Crippen LogP contribution is -2.43. The van der Waals surface area contributed by atoms with Gasteiger partial charge in [-0.2, -0.15) is 0 Å². The Bertz CT molecular complexity index is 298. The third kappa shape index (κ3) is 8.12. The van der Waals surface area contributed by atoms with Crippen LogP contribution < -0.4 is 5.32 Å². The highest BCUT2D eigenvalue weighted by molar-refractivity contribution is 5.97. The maximum Gasteiger partial charge on any atom is 0.316 e. The van der Waals surface area contributed by atoms with E-state index in [0.717, 1.165) is 12.8 Å². The zero-order chi connectivity index (χ0) is 15.6. The first kappa shape index (κ1) is 18.9. The van der Waals surface area contributed by atoms with Crippen molar-refractivity contribution in [2.24, 2.45) is 11.3 Å². The molecule has 1 unspecified atom stereocenters. The van der Waals surface area contributed by atoms with E-state index in [1.54, 1.807) is 27.9 Å². The number of carbonyl (C=O) groups is 2. The van der Waals surface area contributed by atoms with E-state index in [0.29, 0.717) is 26.4 Å². The number of carbonyl (C=O) groups excluding carboxylic acids is 1. The van der Waals surface area contributed by atoms with Gasteiger partial charge in [-0.3, -0.25) is 9.59 Å². The van der Waals surface area contributed by atoms with Gasteiger partial charge < -0.3 is 19.9 Å². The molecular formula is C14H27NO5. The van der Waals surface area contributed by atoms with Crippen LogP contribution >= 0.6 is 0 Å². The second-order valence-corrected chi connectivity index (χ2v) is 5.74. The Kier molecular flexibility index (Phi) is 9.16. The molecule has 0 aromatic heterocycles. The van der Waals surface area contributed by atoms with Crippen molar-refractivity contribution >= 4 is 11.9 Å². The third-order valence-corrected chi connectivity index (χ3v) is 2.82. The molecule has 118 valence electrons. The zero-order valence-corrected chi connectivity index (χ0v) is 12.9. The number of unbranched alkanes of at least 4 members (excludes halogenated alkanes) is 1. The van der Waals surface area contributed by atoms with Crippen molar-refractivity contribution < 1.29 is 24.2 Å². The largest absolute Gasteiger partial charge is 0.481 e. The summed E-state index contributed by atoms with van der Waals surface area (Å²) in [6, 6.07) is 0. The molecule has 0 aliphatic heterocycles. The molecule has 1 amide bonds. The fourth-order valence-corrected chi connectivity index (χ4v) is 1.76. The van der Waals surface area contributed by atoms with Crippen LogP contribution in [-0.4, -0.2) is 50.5 Å². The molecule has 0 saturated heterocycles. The Morgan fingerprint density at radius 3 is 2.30 bits per heavy atom. The smallest absolute Gasteiger partial charge is 0.316 e. The van der Waals surface area contributed by atoms with Crippen molar-refractivity contribution in [1.82, 2.24) is 5.32 Å². The number of carboxylic acid groups (broad SMARTS) is 1. The van der Waals surface area contributed by atoms with E-state index in [-0.39, 0.29) is 0 Å². The van der Waals surface area contributed by atoms with E-state index in [4.69, 9.17) is 14.6 Å². The van der Waals surface area contributed by atoms with Crippen LogP contribution in [0, 0.1) is 11.3 Å². The Labute approximate surface area is 120 Å². The van der Waals surface area contributed by atoms with Crippen LogP contribution in [0.4, 0.5) is 0 Å². The number of nitrogens with one attached hydrogen (secondary N) is 1. The minimum Gasteiger partial charge on any atom is -0.481 e. The summed E-state index contributed by atoms with van der Waals surface area (Å²) in [5.74, 6) is -2.54. The average Bonchev–Trinajstić information content (AvgIpc) is 2.30. The van der Waals surface area contributed by atoms with Gasteiger partial charge in [0, 0.05) is 20.3 Å². The number of hydrogen-bond acceptors (Lipinski definition) is 4.